The van der Waals surface area contributed by atoms with E-state index in [-0.39, 0.29) is 5.91 Å². The molecule has 0 bridgehead atoms. The minimum absolute atomic E-state index is 0.000729. The summed E-state index contributed by atoms with van der Waals surface area (Å²) in [5.41, 5.74) is 3.88. The van der Waals surface area contributed by atoms with Crippen LogP contribution < -0.4 is 10.6 Å². The highest BCUT2D eigenvalue weighted by Crippen LogP contribution is 2.08. The Morgan fingerprint density at radius 3 is 2.50 bits per heavy atom. The predicted octanol–water partition coefficient (Wildman–Crippen LogP) is 2.35. The molecule has 0 atom stereocenters. The largest absolute Gasteiger partial charge is 0.357 e. The number of pyridine rings is 1. The molecule has 6 nitrogen and oxygen atoms in total. The lowest BCUT2D eigenvalue weighted by Crippen LogP contribution is -2.37. The molecule has 0 aliphatic heterocycles. The molecule has 1 aromatic heterocycles. The van der Waals surface area contributed by atoms with Crippen LogP contribution in [0.2, 0.25) is 0 Å². The number of hydrogen-bond donors (Lipinski definition) is 2. The minimum atomic E-state index is 0.000729. The fourth-order valence-corrected chi connectivity index (χ4v) is 2.39. The van der Waals surface area contributed by atoms with E-state index in [0.29, 0.717) is 18.7 Å². The van der Waals surface area contributed by atoms with E-state index in [1.54, 1.807) is 25.2 Å². The number of aromatic nitrogens is 1. The Morgan fingerprint density at radius 2 is 1.88 bits per heavy atom. The van der Waals surface area contributed by atoms with Crippen molar-refractivity contribution in [1.29, 1.82) is 0 Å². The minimum Gasteiger partial charge on any atom is -0.357 e. The Kier molecular flexibility index (Phi) is 7.14. The highest BCUT2D eigenvalue weighted by Gasteiger charge is 2.07. The molecule has 2 rings (SSSR count). The number of guanidine groups is 1. The summed E-state index contributed by atoms with van der Waals surface area (Å²) in [6.07, 6.45) is 1.80. The first-order valence-electron chi connectivity index (χ1n) is 8.74. The van der Waals surface area contributed by atoms with Crippen LogP contribution in [0.4, 0.5) is 0 Å². The zero-order chi connectivity index (χ0) is 18.9. The van der Waals surface area contributed by atoms with Crippen LogP contribution in [-0.2, 0) is 13.1 Å². The molecule has 6 heteroatoms. The van der Waals surface area contributed by atoms with E-state index in [1.807, 2.05) is 50.2 Å². The Hall–Kier alpha value is -2.89. The van der Waals surface area contributed by atoms with Gasteiger partial charge in [-0.3, -0.25) is 9.78 Å². The van der Waals surface area contributed by atoms with Crippen LogP contribution in [0.15, 0.2) is 47.6 Å². The number of carbonyl (C=O) groups is 1. The first-order valence-corrected chi connectivity index (χ1v) is 8.74. The lowest BCUT2D eigenvalue weighted by atomic mass is 10.1. The number of aryl methyl sites for hydroxylation is 1. The van der Waals surface area contributed by atoms with Crippen LogP contribution in [0.1, 0.15) is 34.1 Å². The van der Waals surface area contributed by atoms with Gasteiger partial charge in [0.25, 0.3) is 5.91 Å². The Balaban J connectivity index is 2.00. The van der Waals surface area contributed by atoms with E-state index < -0.39 is 0 Å². The molecule has 0 fully saturated rings. The third-order valence-corrected chi connectivity index (χ3v) is 3.91. The Bertz CT molecular complexity index is 753. The number of rotatable bonds is 6. The highest BCUT2D eigenvalue weighted by molar-refractivity contribution is 5.93. The smallest absolute Gasteiger partial charge is 0.253 e. The van der Waals surface area contributed by atoms with Gasteiger partial charge in [0.1, 0.15) is 0 Å². The molecule has 2 aromatic rings. The zero-order valence-electron chi connectivity index (χ0n) is 15.9. The number of hydrogen-bond acceptors (Lipinski definition) is 3. The molecule has 0 aliphatic rings. The second kappa shape index (κ2) is 9.56. The lowest BCUT2D eigenvalue weighted by molar-refractivity contribution is 0.0827. The lowest BCUT2D eigenvalue weighted by Gasteiger charge is -2.12. The van der Waals surface area contributed by atoms with Crippen molar-refractivity contribution in [2.24, 2.45) is 4.99 Å². The van der Waals surface area contributed by atoms with Gasteiger partial charge in [-0.2, -0.15) is 0 Å². The number of amides is 1. The average molecular weight is 353 g/mol. The first-order chi connectivity index (χ1) is 12.5. The third kappa shape index (κ3) is 5.58. The molecule has 0 saturated carbocycles. The molecule has 1 amide bonds. The van der Waals surface area contributed by atoms with Crippen LogP contribution in [0.5, 0.6) is 0 Å². The highest BCUT2D eigenvalue weighted by atomic mass is 16.2. The van der Waals surface area contributed by atoms with Crippen molar-refractivity contribution in [3.8, 4) is 0 Å². The van der Waals surface area contributed by atoms with Gasteiger partial charge < -0.3 is 15.5 Å². The van der Waals surface area contributed by atoms with E-state index in [9.17, 15) is 4.79 Å². The second-order valence-corrected chi connectivity index (χ2v) is 6.21. The number of nitrogens with one attached hydrogen (secondary N) is 2. The number of aliphatic imine (C=N–C) groups is 1. The third-order valence-electron chi connectivity index (χ3n) is 3.91. The molecule has 0 saturated heterocycles. The van der Waals surface area contributed by atoms with Gasteiger partial charge in [0.15, 0.2) is 5.96 Å². The van der Waals surface area contributed by atoms with E-state index in [1.165, 1.54) is 0 Å². The van der Waals surface area contributed by atoms with Crippen molar-refractivity contribution >= 4 is 11.9 Å². The second-order valence-electron chi connectivity index (χ2n) is 6.21. The molecule has 0 radical (unpaired) electrons. The summed E-state index contributed by atoms with van der Waals surface area (Å²) in [6.45, 7) is 6.01. The standard InChI is InChI=1S/C20H27N5O/c1-5-21-20(24-14-18-15(2)7-6-12-22-18)23-13-16-8-10-17(11-9-16)19(26)25(3)4/h6-12H,5,13-14H2,1-4H3,(H2,21,23,24). The Labute approximate surface area is 155 Å². The fourth-order valence-electron chi connectivity index (χ4n) is 2.39. The molecule has 2 N–H and O–H groups in total. The quantitative estimate of drug-likeness (QED) is 0.618. The summed E-state index contributed by atoms with van der Waals surface area (Å²) in [4.78, 5) is 22.5. The van der Waals surface area contributed by atoms with Gasteiger partial charge in [0.05, 0.1) is 18.8 Å². The van der Waals surface area contributed by atoms with E-state index >= 15 is 0 Å². The van der Waals surface area contributed by atoms with Crippen molar-refractivity contribution in [2.45, 2.75) is 26.9 Å². The fraction of sp³-hybridized carbons (Fsp3) is 0.350. The molecule has 26 heavy (non-hydrogen) atoms. The predicted molar refractivity (Wildman–Crippen MR) is 105 cm³/mol. The van der Waals surface area contributed by atoms with Crippen molar-refractivity contribution < 1.29 is 4.79 Å². The summed E-state index contributed by atoms with van der Waals surface area (Å²) < 4.78 is 0. The van der Waals surface area contributed by atoms with Gasteiger partial charge >= 0.3 is 0 Å². The molecule has 1 aromatic carbocycles. The molecule has 138 valence electrons. The maximum Gasteiger partial charge on any atom is 0.253 e. The van der Waals surface area contributed by atoms with E-state index in [4.69, 9.17) is 0 Å². The van der Waals surface area contributed by atoms with Crippen LogP contribution in [0.3, 0.4) is 0 Å². The van der Waals surface area contributed by atoms with Gasteiger partial charge in [-0.15, -0.1) is 0 Å². The maximum absolute atomic E-state index is 11.9. The Morgan fingerprint density at radius 1 is 1.15 bits per heavy atom. The van der Waals surface area contributed by atoms with Crippen LogP contribution in [-0.4, -0.2) is 42.4 Å². The summed E-state index contributed by atoms with van der Waals surface area (Å²) in [5.74, 6) is 0.742. The normalized spacial score (nSPS) is 11.2. The maximum atomic E-state index is 11.9. The van der Waals surface area contributed by atoms with Crippen molar-refractivity contribution in [3.05, 3.63) is 65.0 Å². The number of carbonyl (C=O) groups excluding carboxylic acids is 1. The molecular formula is C20H27N5O. The zero-order valence-corrected chi connectivity index (χ0v) is 15.9. The summed E-state index contributed by atoms with van der Waals surface area (Å²) in [7, 11) is 3.50. The van der Waals surface area contributed by atoms with Crippen LogP contribution in [0, 0.1) is 6.92 Å². The summed E-state index contributed by atoms with van der Waals surface area (Å²) >= 11 is 0. The van der Waals surface area contributed by atoms with Crippen molar-refractivity contribution in [2.75, 3.05) is 20.6 Å². The summed E-state index contributed by atoms with van der Waals surface area (Å²) in [5, 5.41) is 6.55. The van der Waals surface area contributed by atoms with Gasteiger partial charge in [0.2, 0.25) is 0 Å². The SMILES string of the molecule is CCNC(=NCc1ccc(C(=O)N(C)C)cc1)NCc1ncccc1C. The average Bonchev–Trinajstić information content (AvgIpc) is 2.65. The molecule has 0 unspecified atom stereocenters. The topological polar surface area (TPSA) is 69.6 Å². The van der Waals surface area contributed by atoms with E-state index in [2.05, 4.69) is 20.6 Å². The summed E-state index contributed by atoms with van der Waals surface area (Å²) in [6, 6.07) is 11.5. The first kappa shape index (κ1) is 19.4. The number of benzene rings is 1. The van der Waals surface area contributed by atoms with Crippen molar-refractivity contribution in [3.63, 3.8) is 0 Å². The molecule has 0 spiro atoms. The number of nitrogens with zero attached hydrogens (tertiary/aromatic N) is 3. The van der Waals surface area contributed by atoms with Crippen LogP contribution >= 0.6 is 0 Å². The monoisotopic (exact) mass is 353 g/mol. The van der Waals surface area contributed by atoms with Crippen LogP contribution in [0.25, 0.3) is 0 Å². The molecule has 0 aliphatic carbocycles. The van der Waals surface area contributed by atoms with Gasteiger partial charge in [-0.25, -0.2) is 4.99 Å². The molecule has 1 heterocycles. The van der Waals surface area contributed by atoms with E-state index in [0.717, 1.165) is 29.3 Å². The van der Waals surface area contributed by atoms with Gasteiger partial charge in [-0.1, -0.05) is 18.2 Å². The van der Waals surface area contributed by atoms with Gasteiger partial charge in [-0.05, 0) is 43.2 Å². The van der Waals surface area contributed by atoms with Gasteiger partial charge in [0, 0.05) is 32.4 Å². The van der Waals surface area contributed by atoms with Crippen molar-refractivity contribution in [1.82, 2.24) is 20.5 Å². The molecular weight excluding hydrogens is 326 g/mol.